The Kier molecular flexibility index (Phi) is 6.21. The second kappa shape index (κ2) is 8.49. The molecule has 0 aliphatic rings. The Morgan fingerprint density at radius 1 is 1.28 bits per heavy atom. The van der Waals surface area contributed by atoms with Crippen molar-refractivity contribution in [2.24, 2.45) is 4.99 Å². The molecule has 29 heavy (non-hydrogen) atoms. The zero-order valence-electron chi connectivity index (χ0n) is 16.2. The number of hydrogen-bond donors (Lipinski definition) is 1. The van der Waals surface area contributed by atoms with Gasteiger partial charge in [0, 0.05) is 24.0 Å². The van der Waals surface area contributed by atoms with Gasteiger partial charge in [-0.05, 0) is 48.7 Å². The van der Waals surface area contributed by atoms with E-state index in [1.165, 1.54) is 13.1 Å². The molecule has 1 heterocycles. The summed E-state index contributed by atoms with van der Waals surface area (Å²) >= 11 is 12.6. The molecule has 2 aromatic carbocycles. The normalized spacial score (nSPS) is 12.9. The SMILES string of the molecule is CC(=NC(C)c1ccc(-c2cc(Cl)cc(F)c2-c2noc(C)n2)cc1Cl)N(C)O. The van der Waals surface area contributed by atoms with E-state index in [2.05, 4.69) is 15.1 Å². The van der Waals surface area contributed by atoms with E-state index < -0.39 is 5.82 Å². The minimum Gasteiger partial charge on any atom is -0.339 e. The predicted octanol–water partition coefficient (Wildman–Crippen LogP) is 5.96. The van der Waals surface area contributed by atoms with Crippen molar-refractivity contribution < 1.29 is 14.1 Å². The average Bonchev–Trinajstić information content (AvgIpc) is 3.06. The number of hydrogen-bond acceptors (Lipinski definition) is 5. The Morgan fingerprint density at radius 2 is 2.00 bits per heavy atom. The van der Waals surface area contributed by atoms with E-state index in [9.17, 15) is 9.60 Å². The number of nitrogens with zero attached hydrogens (tertiary/aromatic N) is 4. The van der Waals surface area contributed by atoms with E-state index in [4.69, 9.17) is 27.7 Å². The van der Waals surface area contributed by atoms with Crippen LogP contribution in [0.1, 0.15) is 31.3 Å². The fraction of sp³-hybridized carbons (Fsp3) is 0.250. The summed E-state index contributed by atoms with van der Waals surface area (Å²) in [4.78, 5) is 8.54. The van der Waals surface area contributed by atoms with E-state index >= 15 is 0 Å². The Hall–Kier alpha value is -2.48. The molecule has 0 aliphatic heterocycles. The fourth-order valence-corrected chi connectivity index (χ4v) is 3.44. The maximum absolute atomic E-state index is 14.7. The predicted molar refractivity (Wildman–Crippen MR) is 111 cm³/mol. The van der Waals surface area contributed by atoms with Gasteiger partial charge in [0.15, 0.2) is 0 Å². The molecule has 152 valence electrons. The van der Waals surface area contributed by atoms with Crippen LogP contribution in [0.3, 0.4) is 0 Å². The first-order chi connectivity index (χ1) is 13.7. The molecule has 0 aliphatic carbocycles. The van der Waals surface area contributed by atoms with E-state index in [0.717, 1.165) is 10.6 Å². The number of rotatable bonds is 4. The van der Waals surface area contributed by atoms with Crippen LogP contribution >= 0.6 is 23.2 Å². The molecule has 0 radical (unpaired) electrons. The number of hydroxylamine groups is 2. The minimum absolute atomic E-state index is 0.131. The largest absolute Gasteiger partial charge is 0.339 e. The highest BCUT2D eigenvalue weighted by Gasteiger charge is 2.20. The van der Waals surface area contributed by atoms with Crippen LogP contribution in [0.5, 0.6) is 0 Å². The molecule has 1 unspecified atom stereocenters. The summed E-state index contributed by atoms with van der Waals surface area (Å²) in [5.74, 6) is 0.341. The van der Waals surface area contributed by atoms with E-state index in [1.807, 2.05) is 6.92 Å². The number of benzene rings is 2. The highest BCUT2D eigenvalue weighted by Crippen LogP contribution is 2.38. The van der Waals surface area contributed by atoms with E-state index in [-0.39, 0.29) is 22.5 Å². The van der Waals surface area contributed by atoms with Crippen molar-refractivity contribution >= 4 is 29.0 Å². The summed E-state index contributed by atoms with van der Waals surface area (Å²) in [7, 11) is 1.49. The van der Waals surface area contributed by atoms with Crippen LogP contribution in [0.2, 0.25) is 10.0 Å². The van der Waals surface area contributed by atoms with Crippen molar-refractivity contribution in [1.29, 1.82) is 0 Å². The third-order valence-corrected chi connectivity index (χ3v) is 4.96. The fourth-order valence-electron chi connectivity index (χ4n) is 2.90. The molecule has 0 spiro atoms. The van der Waals surface area contributed by atoms with Crippen molar-refractivity contribution in [3.05, 3.63) is 57.6 Å². The van der Waals surface area contributed by atoms with Crippen molar-refractivity contribution in [1.82, 2.24) is 15.2 Å². The summed E-state index contributed by atoms with van der Waals surface area (Å²) in [5, 5.41) is 14.9. The molecular weight excluding hydrogens is 418 g/mol. The Balaban J connectivity index is 2.09. The average molecular weight is 437 g/mol. The number of halogens is 3. The molecule has 3 rings (SSSR count). The van der Waals surface area contributed by atoms with Gasteiger partial charge in [-0.3, -0.25) is 10.2 Å². The van der Waals surface area contributed by atoms with Crippen LogP contribution in [0.4, 0.5) is 4.39 Å². The third kappa shape index (κ3) is 4.58. The van der Waals surface area contributed by atoms with Crippen molar-refractivity contribution in [2.45, 2.75) is 26.8 Å². The Morgan fingerprint density at radius 3 is 2.59 bits per heavy atom. The first-order valence-electron chi connectivity index (χ1n) is 8.74. The molecule has 1 N–H and O–H groups in total. The smallest absolute Gasteiger partial charge is 0.223 e. The third-order valence-electron chi connectivity index (χ3n) is 4.42. The summed E-state index contributed by atoms with van der Waals surface area (Å²) in [6, 6.07) is 7.85. The molecule has 3 aromatic rings. The summed E-state index contributed by atoms with van der Waals surface area (Å²) in [6.45, 7) is 5.18. The van der Waals surface area contributed by atoms with Gasteiger partial charge in [-0.15, -0.1) is 0 Å². The summed E-state index contributed by atoms with van der Waals surface area (Å²) in [5.41, 5.74) is 2.08. The van der Waals surface area contributed by atoms with E-state index in [1.54, 1.807) is 38.1 Å². The van der Waals surface area contributed by atoms with Crippen molar-refractivity contribution in [3.8, 4) is 22.5 Å². The highest BCUT2D eigenvalue weighted by atomic mass is 35.5. The van der Waals surface area contributed by atoms with Crippen LogP contribution in [-0.4, -0.2) is 33.3 Å². The first-order valence-corrected chi connectivity index (χ1v) is 9.49. The molecule has 0 bridgehead atoms. The maximum atomic E-state index is 14.7. The Bertz CT molecular complexity index is 1080. The van der Waals surface area contributed by atoms with Gasteiger partial charge >= 0.3 is 0 Å². The Labute approximate surface area is 177 Å². The topological polar surface area (TPSA) is 74.8 Å². The second-order valence-electron chi connectivity index (χ2n) is 6.56. The lowest BCUT2D eigenvalue weighted by Gasteiger charge is -2.16. The molecule has 1 aromatic heterocycles. The van der Waals surface area contributed by atoms with Gasteiger partial charge < -0.3 is 4.52 Å². The second-order valence-corrected chi connectivity index (χ2v) is 7.40. The molecule has 9 heteroatoms. The molecule has 0 amide bonds. The van der Waals surface area contributed by atoms with Crippen LogP contribution < -0.4 is 0 Å². The monoisotopic (exact) mass is 436 g/mol. The lowest BCUT2D eigenvalue weighted by molar-refractivity contribution is 0.0123. The number of amidine groups is 1. The van der Waals surface area contributed by atoms with Gasteiger partial charge in [0.2, 0.25) is 11.7 Å². The van der Waals surface area contributed by atoms with Gasteiger partial charge in [-0.2, -0.15) is 4.98 Å². The zero-order valence-corrected chi connectivity index (χ0v) is 17.8. The van der Waals surface area contributed by atoms with Crippen LogP contribution in [-0.2, 0) is 0 Å². The van der Waals surface area contributed by atoms with Gasteiger partial charge in [0.05, 0.1) is 11.6 Å². The lowest BCUT2D eigenvalue weighted by atomic mass is 9.96. The van der Waals surface area contributed by atoms with Crippen molar-refractivity contribution in [2.75, 3.05) is 7.05 Å². The zero-order chi connectivity index (χ0) is 21.3. The van der Waals surface area contributed by atoms with Crippen LogP contribution in [0, 0.1) is 12.7 Å². The molecule has 6 nitrogen and oxygen atoms in total. The standard InChI is InChI=1S/C20H19Cl2FN4O2/c1-10(24-11(2)27(4)28)15-6-5-13(7-17(15)22)16-8-14(21)9-18(23)19(16)20-25-12(3)29-26-20/h5-10,28H,1-4H3. The summed E-state index contributed by atoms with van der Waals surface area (Å²) in [6.07, 6.45) is 0. The van der Waals surface area contributed by atoms with Crippen LogP contribution in [0.25, 0.3) is 22.5 Å². The van der Waals surface area contributed by atoms with Gasteiger partial charge in [-0.1, -0.05) is 40.5 Å². The first kappa shape index (κ1) is 21.2. The number of aliphatic imine (C=N–C) groups is 1. The number of aromatic nitrogens is 2. The van der Waals surface area contributed by atoms with Gasteiger partial charge in [0.1, 0.15) is 11.7 Å². The van der Waals surface area contributed by atoms with Crippen molar-refractivity contribution in [3.63, 3.8) is 0 Å². The summed E-state index contributed by atoms with van der Waals surface area (Å²) < 4.78 is 19.7. The molecule has 0 fully saturated rings. The highest BCUT2D eigenvalue weighted by molar-refractivity contribution is 6.32. The maximum Gasteiger partial charge on any atom is 0.223 e. The molecule has 0 saturated heterocycles. The van der Waals surface area contributed by atoms with Crippen LogP contribution in [0.15, 0.2) is 39.8 Å². The molecular formula is C20H19Cl2FN4O2. The minimum atomic E-state index is -0.562. The van der Waals surface area contributed by atoms with E-state index in [0.29, 0.717) is 27.9 Å². The van der Waals surface area contributed by atoms with Gasteiger partial charge in [0.25, 0.3) is 0 Å². The molecule has 0 saturated carbocycles. The van der Waals surface area contributed by atoms with Gasteiger partial charge in [-0.25, -0.2) is 9.45 Å². The lowest BCUT2D eigenvalue weighted by Crippen LogP contribution is -2.19. The molecule has 1 atom stereocenters. The number of aryl methyl sites for hydroxylation is 1. The quantitative estimate of drug-likeness (QED) is 0.310.